The summed E-state index contributed by atoms with van der Waals surface area (Å²) in [6.45, 7) is 0. The van der Waals surface area contributed by atoms with Crippen LogP contribution in [0.4, 0.5) is 5.69 Å². The molecule has 0 spiro atoms. The van der Waals surface area contributed by atoms with E-state index >= 15 is 0 Å². The molecule has 0 radical (unpaired) electrons. The van der Waals surface area contributed by atoms with Gasteiger partial charge in [-0.2, -0.15) is 0 Å². The Kier molecular flexibility index (Phi) is 5.26. The number of fused-ring (bicyclic) bond motifs is 1. The molecule has 25 heavy (non-hydrogen) atoms. The minimum atomic E-state index is -1.23. The Morgan fingerprint density at radius 2 is 2.04 bits per heavy atom. The standard InChI is InChI=1S/C16H11BrN2O4S2/c17-8-1-4-11-13(5-8)25-16(19-11)24-7-14(21)18-9-2-3-10(15(22)23)12(20)6-9/h1-6,20H,7H2,(H,18,21)(H,22,23). The highest BCUT2D eigenvalue weighted by Crippen LogP contribution is 2.31. The van der Waals surface area contributed by atoms with E-state index in [1.807, 2.05) is 18.2 Å². The molecule has 0 fully saturated rings. The van der Waals surface area contributed by atoms with Gasteiger partial charge in [0.25, 0.3) is 0 Å². The molecule has 1 amide bonds. The monoisotopic (exact) mass is 438 g/mol. The van der Waals surface area contributed by atoms with Crippen LogP contribution in [-0.2, 0) is 4.79 Å². The first-order valence-electron chi connectivity index (χ1n) is 6.97. The largest absolute Gasteiger partial charge is 0.507 e. The highest BCUT2D eigenvalue weighted by atomic mass is 79.9. The number of rotatable bonds is 5. The normalized spacial score (nSPS) is 10.8. The smallest absolute Gasteiger partial charge is 0.339 e. The molecule has 0 saturated carbocycles. The Hall–Kier alpha value is -2.10. The number of carbonyl (C=O) groups excluding carboxylic acids is 1. The number of hydrogen-bond acceptors (Lipinski definition) is 6. The second kappa shape index (κ2) is 7.42. The second-order valence-electron chi connectivity index (χ2n) is 4.97. The number of carbonyl (C=O) groups is 2. The van der Waals surface area contributed by atoms with Crippen molar-refractivity contribution >= 4 is 66.8 Å². The molecule has 0 aliphatic heterocycles. The highest BCUT2D eigenvalue weighted by molar-refractivity contribution is 9.10. The molecule has 0 atom stereocenters. The lowest BCUT2D eigenvalue weighted by Crippen LogP contribution is -2.14. The number of carboxylic acids is 1. The van der Waals surface area contributed by atoms with Crippen molar-refractivity contribution < 1.29 is 19.8 Å². The Balaban J connectivity index is 1.62. The van der Waals surface area contributed by atoms with E-state index in [1.54, 1.807) is 0 Å². The SMILES string of the molecule is O=C(CSc1nc2ccc(Br)cc2s1)Nc1ccc(C(=O)O)c(O)c1. The number of halogens is 1. The first-order valence-corrected chi connectivity index (χ1v) is 9.57. The summed E-state index contributed by atoms with van der Waals surface area (Å²) in [7, 11) is 0. The minimum absolute atomic E-state index is 0.155. The Labute approximate surface area is 159 Å². The summed E-state index contributed by atoms with van der Waals surface area (Å²) in [6, 6.07) is 9.68. The number of thiazole rings is 1. The number of amides is 1. The van der Waals surface area contributed by atoms with Gasteiger partial charge in [0, 0.05) is 16.2 Å². The van der Waals surface area contributed by atoms with Gasteiger partial charge in [-0.15, -0.1) is 11.3 Å². The number of nitrogens with one attached hydrogen (secondary N) is 1. The number of thioether (sulfide) groups is 1. The van der Waals surface area contributed by atoms with Crippen LogP contribution < -0.4 is 5.32 Å². The second-order valence-corrected chi connectivity index (χ2v) is 8.13. The van der Waals surface area contributed by atoms with E-state index in [9.17, 15) is 14.7 Å². The van der Waals surface area contributed by atoms with Crippen LogP contribution >= 0.6 is 39.0 Å². The maximum absolute atomic E-state index is 12.0. The van der Waals surface area contributed by atoms with E-state index in [1.165, 1.54) is 41.3 Å². The fraction of sp³-hybridized carbons (Fsp3) is 0.0625. The third-order valence-electron chi connectivity index (χ3n) is 3.17. The number of phenols is 1. The lowest BCUT2D eigenvalue weighted by Gasteiger charge is -2.06. The molecule has 2 aromatic carbocycles. The molecule has 1 heterocycles. The number of benzene rings is 2. The summed E-state index contributed by atoms with van der Waals surface area (Å²) >= 11 is 6.23. The zero-order valence-electron chi connectivity index (χ0n) is 12.5. The van der Waals surface area contributed by atoms with Gasteiger partial charge in [-0.05, 0) is 30.3 Å². The number of aromatic nitrogens is 1. The molecule has 3 N–H and O–H groups in total. The third kappa shape index (κ3) is 4.30. The summed E-state index contributed by atoms with van der Waals surface area (Å²) in [5.41, 5.74) is 1.000. The Bertz CT molecular complexity index is 974. The number of aromatic carboxylic acids is 1. The van der Waals surface area contributed by atoms with Crippen LogP contribution in [0.3, 0.4) is 0 Å². The van der Waals surface area contributed by atoms with Crippen LogP contribution in [0.2, 0.25) is 0 Å². The summed E-state index contributed by atoms with van der Waals surface area (Å²) in [5, 5.41) is 21.1. The van der Waals surface area contributed by atoms with Crippen molar-refractivity contribution in [3.63, 3.8) is 0 Å². The predicted molar refractivity (Wildman–Crippen MR) is 102 cm³/mol. The molecular formula is C16H11BrN2O4S2. The van der Waals surface area contributed by atoms with Gasteiger partial charge in [0.15, 0.2) is 4.34 Å². The molecule has 6 nitrogen and oxygen atoms in total. The quantitative estimate of drug-likeness (QED) is 0.516. The van der Waals surface area contributed by atoms with Gasteiger partial charge in [0.1, 0.15) is 11.3 Å². The van der Waals surface area contributed by atoms with E-state index < -0.39 is 11.7 Å². The van der Waals surface area contributed by atoms with Crippen LogP contribution in [0.25, 0.3) is 10.2 Å². The summed E-state index contributed by atoms with van der Waals surface area (Å²) in [5.74, 6) is -1.74. The van der Waals surface area contributed by atoms with E-state index in [2.05, 4.69) is 26.2 Å². The predicted octanol–water partition coefficient (Wildman–Crippen LogP) is 4.19. The fourth-order valence-electron chi connectivity index (χ4n) is 2.05. The lowest BCUT2D eigenvalue weighted by molar-refractivity contribution is -0.113. The average Bonchev–Trinajstić information content (AvgIpc) is 2.94. The van der Waals surface area contributed by atoms with E-state index in [0.29, 0.717) is 5.69 Å². The summed E-state index contributed by atoms with van der Waals surface area (Å²) in [6.07, 6.45) is 0. The molecule has 0 unspecified atom stereocenters. The molecule has 3 aromatic rings. The van der Waals surface area contributed by atoms with Crippen molar-refractivity contribution in [3.8, 4) is 5.75 Å². The van der Waals surface area contributed by atoms with Gasteiger partial charge in [-0.3, -0.25) is 4.79 Å². The van der Waals surface area contributed by atoms with Crippen LogP contribution in [0.1, 0.15) is 10.4 Å². The van der Waals surface area contributed by atoms with E-state index in [-0.39, 0.29) is 17.2 Å². The zero-order valence-corrected chi connectivity index (χ0v) is 15.7. The van der Waals surface area contributed by atoms with Crippen molar-refractivity contribution in [2.75, 3.05) is 11.1 Å². The van der Waals surface area contributed by atoms with Gasteiger partial charge < -0.3 is 15.5 Å². The first-order chi connectivity index (χ1) is 11.9. The van der Waals surface area contributed by atoms with Crippen LogP contribution in [0, 0.1) is 0 Å². The maximum Gasteiger partial charge on any atom is 0.339 e. The Morgan fingerprint density at radius 1 is 1.24 bits per heavy atom. The topological polar surface area (TPSA) is 99.5 Å². The lowest BCUT2D eigenvalue weighted by atomic mass is 10.2. The molecule has 0 saturated heterocycles. The number of anilines is 1. The van der Waals surface area contributed by atoms with Crippen LogP contribution in [0.5, 0.6) is 5.75 Å². The number of carboxylic acid groups (broad SMARTS) is 1. The maximum atomic E-state index is 12.0. The first kappa shape index (κ1) is 17.7. The van der Waals surface area contributed by atoms with E-state index in [0.717, 1.165) is 19.0 Å². The van der Waals surface area contributed by atoms with Crippen LogP contribution in [0.15, 0.2) is 45.2 Å². The third-order valence-corrected chi connectivity index (χ3v) is 5.82. The minimum Gasteiger partial charge on any atom is -0.507 e. The molecule has 3 rings (SSSR count). The van der Waals surface area contributed by atoms with Crippen molar-refractivity contribution in [1.82, 2.24) is 4.98 Å². The molecule has 1 aromatic heterocycles. The molecule has 0 aliphatic rings. The average molecular weight is 439 g/mol. The van der Waals surface area contributed by atoms with E-state index in [4.69, 9.17) is 5.11 Å². The van der Waals surface area contributed by atoms with Gasteiger partial charge in [0.2, 0.25) is 5.91 Å². The zero-order chi connectivity index (χ0) is 18.0. The summed E-state index contributed by atoms with van der Waals surface area (Å²) < 4.78 is 2.79. The Morgan fingerprint density at radius 3 is 2.76 bits per heavy atom. The van der Waals surface area contributed by atoms with Gasteiger partial charge in [0.05, 0.1) is 16.0 Å². The van der Waals surface area contributed by atoms with Gasteiger partial charge in [-0.1, -0.05) is 27.7 Å². The molecule has 9 heteroatoms. The number of hydrogen-bond donors (Lipinski definition) is 3. The molecule has 0 aliphatic carbocycles. The van der Waals surface area contributed by atoms with Gasteiger partial charge >= 0.3 is 5.97 Å². The van der Waals surface area contributed by atoms with Crippen molar-refractivity contribution in [1.29, 1.82) is 0 Å². The molecule has 128 valence electrons. The van der Waals surface area contributed by atoms with Crippen molar-refractivity contribution in [3.05, 3.63) is 46.4 Å². The van der Waals surface area contributed by atoms with Crippen molar-refractivity contribution in [2.45, 2.75) is 4.34 Å². The summed E-state index contributed by atoms with van der Waals surface area (Å²) in [4.78, 5) is 27.3. The van der Waals surface area contributed by atoms with Gasteiger partial charge in [-0.25, -0.2) is 9.78 Å². The highest BCUT2D eigenvalue weighted by Gasteiger charge is 2.12. The number of nitrogens with zero attached hydrogens (tertiary/aromatic N) is 1. The van der Waals surface area contributed by atoms with Crippen LogP contribution in [-0.4, -0.2) is 32.8 Å². The fourth-order valence-corrected chi connectivity index (χ4v) is 4.47. The van der Waals surface area contributed by atoms with Crippen molar-refractivity contribution in [2.24, 2.45) is 0 Å². The number of aromatic hydroxyl groups is 1. The molecule has 0 bridgehead atoms. The molecular weight excluding hydrogens is 428 g/mol.